The first-order valence-electron chi connectivity index (χ1n) is 8.12. The zero-order chi connectivity index (χ0) is 16.1. The highest BCUT2D eigenvalue weighted by molar-refractivity contribution is 5.95. The number of nitrogens with one attached hydrogen (secondary N) is 1. The third-order valence-electron chi connectivity index (χ3n) is 4.17. The molecule has 0 radical (unpaired) electrons. The number of likely N-dealkylation sites (N-methyl/N-ethyl adjacent to an activating group) is 1. The second kappa shape index (κ2) is 7.29. The Bertz CT molecular complexity index is 658. The third kappa shape index (κ3) is 4.11. The highest BCUT2D eigenvalue weighted by Crippen LogP contribution is 2.19. The van der Waals surface area contributed by atoms with E-state index < -0.39 is 0 Å². The average Bonchev–Trinajstić information content (AvgIpc) is 2.58. The first-order valence-corrected chi connectivity index (χ1v) is 8.12. The van der Waals surface area contributed by atoms with E-state index in [1.807, 2.05) is 24.3 Å². The van der Waals surface area contributed by atoms with Crippen LogP contribution in [0.25, 0.3) is 0 Å². The molecule has 1 aliphatic rings. The SMILES string of the molecule is Cc1ccccc1N=C(Nc1ccccc1)N1CCN(C)CC1. The zero-order valence-corrected chi connectivity index (χ0v) is 13.9. The Morgan fingerprint density at radius 1 is 0.913 bits per heavy atom. The second-order valence-electron chi connectivity index (χ2n) is 6.00. The van der Waals surface area contributed by atoms with Gasteiger partial charge in [-0.2, -0.15) is 0 Å². The molecule has 2 aromatic rings. The number of para-hydroxylation sites is 2. The smallest absolute Gasteiger partial charge is 0.203 e. The highest BCUT2D eigenvalue weighted by atomic mass is 15.3. The number of nitrogens with zero attached hydrogens (tertiary/aromatic N) is 3. The highest BCUT2D eigenvalue weighted by Gasteiger charge is 2.18. The summed E-state index contributed by atoms with van der Waals surface area (Å²) in [6.45, 7) is 6.19. The average molecular weight is 308 g/mol. The minimum Gasteiger partial charge on any atom is -0.340 e. The Balaban J connectivity index is 1.88. The molecule has 1 fully saturated rings. The number of aliphatic imine (C=N–C) groups is 1. The standard InChI is InChI=1S/C19H24N4/c1-16-8-6-7-11-18(16)21-19(20-17-9-4-3-5-10-17)23-14-12-22(2)13-15-23/h3-11H,12-15H2,1-2H3,(H,20,21). The van der Waals surface area contributed by atoms with E-state index in [1.54, 1.807) is 0 Å². The molecule has 120 valence electrons. The van der Waals surface area contributed by atoms with Gasteiger partial charge in [0.25, 0.3) is 0 Å². The third-order valence-corrected chi connectivity index (χ3v) is 4.17. The normalized spacial score (nSPS) is 16.4. The molecule has 2 aromatic carbocycles. The molecule has 4 nitrogen and oxygen atoms in total. The van der Waals surface area contributed by atoms with E-state index in [4.69, 9.17) is 4.99 Å². The van der Waals surface area contributed by atoms with Crippen molar-refractivity contribution in [2.75, 3.05) is 38.5 Å². The molecule has 4 heteroatoms. The predicted molar refractivity (Wildman–Crippen MR) is 97.4 cm³/mol. The summed E-state index contributed by atoms with van der Waals surface area (Å²) in [6, 6.07) is 18.5. The Hall–Kier alpha value is -2.33. The molecular weight excluding hydrogens is 284 g/mol. The van der Waals surface area contributed by atoms with Gasteiger partial charge < -0.3 is 15.1 Å². The number of rotatable bonds is 2. The van der Waals surface area contributed by atoms with Gasteiger partial charge in [0.05, 0.1) is 5.69 Å². The van der Waals surface area contributed by atoms with Crippen molar-refractivity contribution in [3.05, 3.63) is 60.2 Å². The zero-order valence-electron chi connectivity index (χ0n) is 13.9. The van der Waals surface area contributed by atoms with Crippen LogP contribution in [0.3, 0.4) is 0 Å². The summed E-state index contributed by atoms with van der Waals surface area (Å²) in [6.07, 6.45) is 0. The number of hydrogen-bond acceptors (Lipinski definition) is 2. The van der Waals surface area contributed by atoms with Gasteiger partial charge in [0.2, 0.25) is 5.96 Å². The number of aryl methyl sites for hydroxylation is 1. The van der Waals surface area contributed by atoms with E-state index in [2.05, 4.69) is 59.4 Å². The maximum Gasteiger partial charge on any atom is 0.203 e. The van der Waals surface area contributed by atoms with Crippen molar-refractivity contribution in [3.8, 4) is 0 Å². The summed E-state index contributed by atoms with van der Waals surface area (Å²) >= 11 is 0. The summed E-state index contributed by atoms with van der Waals surface area (Å²) in [5.41, 5.74) is 3.28. The Morgan fingerprint density at radius 3 is 2.26 bits per heavy atom. The largest absolute Gasteiger partial charge is 0.340 e. The molecule has 0 atom stereocenters. The van der Waals surface area contributed by atoms with E-state index in [1.165, 1.54) is 5.56 Å². The lowest BCUT2D eigenvalue weighted by atomic mass is 10.2. The number of anilines is 1. The van der Waals surface area contributed by atoms with Crippen molar-refractivity contribution in [2.45, 2.75) is 6.92 Å². The Morgan fingerprint density at radius 2 is 1.57 bits per heavy atom. The van der Waals surface area contributed by atoms with Crippen LogP contribution < -0.4 is 5.32 Å². The molecule has 3 rings (SSSR count). The molecule has 0 bridgehead atoms. The molecule has 0 saturated carbocycles. The molecule has 23 heavy (non-hydrogen) atoms. The number of benzene rings is 2. The number of guanidine groups is 1. The molecule has 1 aliphatic heterocycles. The van der Waals surface area contributed by atoms with Crippen LogP contribution >= 0.6 is 0 Å². The Labute approximate surface area is 138 Å². The first-order chi connectivity index (χ1) is 11.2. The summed E-state index contributed by atoms with van der Waals surface area (Å²) in [7, 11) is 2.17. The fraction of sp³-hybridized carbons (Fsp3) is 0.316. The van der Waals surface area contributed by atoms with E-state index in [9.17, 15) is 0 Å². The summed E-state index contributed by atoms with van der Waals surface area (Å²) < 4.78 is 0. The van der Waals surface area contributed by atoms with Crippen molar-refractivity contribution in [3.63, 3.8) is 0 Å². The van der Waals surface area contributed by atoms with Crippen molar-refractivity contribution >= 4 is 17.3 Å². The van der Waals surface area contributed by atoms with Gasteiger partial charge >= 0.3 is 0 Å². The van der Waals surface area contributed by atoms with Gasteiger partial charge in [0.15, 0.2) is 0 Å². The number of hydrogen-bond donors (Lipinski definition) is 1. The van der Waals surface area contributed by atoms with Crippen molar-refractivity contribution < 1.29 is 0 Å². The van der Waals surface area contributed by atoms with Crippen LogP contribution in [0.1, 0.15) is 5.56 Å². The molecule has 1 saturated heterocycles. The minimum atomic E-state index is 0.929. The van der Waals surface area contributed by atoms with Gasteiger partial charge in [-0.15, -0.1) is 0 Å². The summed E-state index contributed by atoms with van der Waals surface area (Å²) in [4.78, 5) is 9.60. The van der Waals surface area contributed by atoms with Crippen LogP contribution in [-0.2, 0) is 0 Å². The number of piperazine rings is 1. The lowest BCUT2D eigenvalue weighted by molar-refractivity contribution is 0.215. The van der Waals surface area contributed by atoms with Crippen LogP contribution in [0.4, 0.5) is 11.4 Å². The molecular formula is C19H24N4. The van der Waals surface area contributed by atoms with E-state index in [0.717, 1.165) is 43.5 Å². The van der Waals surface area contributed by atoms with Gasteiger partial charge in [-0.25, -0.2) is 4.99 Å². The molecule has 0 amide bonds. The predicted octanol–water partition coefficient (Wildman–Crippen LogP) is 3.34. The summed E-state index contributed by atoms with van der Waals surface area (Å²) in [5.74, 6) is 0.929. The topological polar surface area (TPSA) is 30.9 Å². The van der Waals surface area contributed by atoms with Gasteiger partial charge in [-0.1, -0.05) is 36.4 Å². The van der Waals surface area contributed by atoms with Crippen molar-refractivity contribution in [2.24, 2.45) is 4.99 Å². The monoisotopic (exact) mass is 308 g/mol. The van der Waals surface area contributed by atoms with Crippen LogP contribution in [0.2, 0.25) is 0 Å². The molecule has 1 heterocycles. The fourth-order valence-corrected chi connectivity index (χ4v) is 2.65. The molecule has 0 aliphatic carbocycles. The second-order valence-corrected chi connectivity index (χ2v) is 6.00. The molecule has 1 N–H and O–H groups in total. The quantitative estimate of drug-likeness (QED) is 0.682. The fourth-order valence-electron chi connectivity index (χ4n) is 2.65. The van der Waals surface area contributed by atoms with Gasteiger partial charge in [0.1, 0.15) is 0 Å². The first kappa shape index (κ1) is 15.6. The van der Waals surface area contributed by atoms with Crippen LogP contribution in [-0.4, -0.2) is 49.0 Å². The van der Waals surface area contributed by atoms with Crippen LogP contribution in [0.15, 0.2) is 59.6 Å². The van der Waals surface area contributed by atoms with Crippen molar-refractivity contribution in [1.29, 1.82) is 0 Å². The molecule has 0 unspecified atom stereocenters. The van der Waals surface area contributed by atoms with E-state index in [0.29, 0.717) is 0 Å². The van der Waals surface area contributed by atoms with Crippen molar-refractivity contribution in [1.82, 2.24) is 9.80 Å². The van der Waals surface area contributed by atoms with Gasteiger partial charge in [0, 0.05) is 31.9 Å². The van der Waals surface area contributed by atoms with Crippen LogP contribution in [0, 0.1) is 6.92 Å². The minimum absolute atomic E-state index is 0.929. The maximum atomic E-state index is 4.92. The van der Waals surface area contributed by atoms with Crippen LogP contribution in [0.5, 0.6) is 0 Å². The molecule has 0 aromatic heterocycles. The lowest BCUT2D eigenvalue weighted by Crippen LogP contribution is -2.49. The molecule has 0 spiro atoms. The lowest BCUT2D eigenvalue weighted by Gasteiger charge is -2.34. The van der Waals surface area contributed by atoms with E-state index in [-0.39, 0.29) is 0 Å². The maximum absolute atomic E-state index is 4.92. The Kier molecular flexibility index (Phi) is 4.93. The van der Waals surface area contributed by atoms with Gasteiger partial charge in [-0.3, -0.25) is 0 Å². The summed E-state index contributed by atoms with van der Waals surface area (Å²) in [5, 5.41) is 3.50. The van der Waals surface area contributed by atoms with E-state index >= 15 is 0 Å². The van der Waals surface area contributed by atoms with Gasteiger partial charge in [-0.05, 0) is 37.7 Å².